The molecule has 1 aromatic carbocycles. The van der Waals surface area contributed by atoms with Gasteiger partial charge in [0.05, 0.1) is 12.3 Å². The molecule has 0 fully saturated rings. The minimum atomic E-state index is -0.535. The molecule has 0 saturated heterocycles. The van der Waals surface area contributed by atoms with Gasteiger partial charge in [0.15, 0.2) is 0 Å². The minimum Gasteiger partial charge on any atom is -0.441 e. The van der Waals surface area contributed by atoms with E-state index in [2.05, 4.69) is 15.6 Å². The van der Waals surface area contributed by atoms with Crippen molar-refractivity contribution in [2.24, 2.45) is 5.92 Å². The van der Waals surface area contributed by atoms with Crippen LogP contribution in [0.2, 0.25) is 0 Å². The first-order chi connectivity index (χ1) is 11.5. The van der Waals surface area contributed by atoms with E-state index in [0.29, 0.717) is 11.6 Å². The summed E-state index contributed by atoms with van der Waals surface area (Å²) >= 11 is 0. The van der Waals surface area contributed by atoms with Gasteiger partial charge in [-0.25, -0.2) is 9.78 Å². The van der Waals surface area contributed by atoms with Crippen molar-refractivity contribution in [3.63, 3.8) is 0 Å². The molecule has 0 aliphatic heterocycles. The maximum absolute atomic E-state index is 12.0. The fraction of sp³-hybridized carbons (Fsp3) is 0.444. The summed E-state index contributed by atoms with van der Waals surface area (Å²) in [4.78, 5) is 16.2. The number of oxazole rings is 1. The van der Waals surface area contributed by atoms with Gasteiger partial charge >= 0.3 is 6.03 Å². The van der Waals surface area contributed by atoms with Crippen LogP contribution >= 0.6 is 0 Å². The van der Waals surface area contributed by atoms with Crippen LogP contribution in [0.4, 0.5) is 10.5 Å². The number of aromatic nitrogens is 1. The monoisotopic (exact) mass is 331 g/mol. The lowest BCUT2D eigenvalue weighted by Crippen LogP contribution is -2.38. The molecule has 0 radical (unpaired) electrons. The van der Waals surface area contributed by atoms with Crippen molar-refractivity contribution in [3.05, 3.63) is 36.2 Å². The molecule has 24 heavy (non-hydrogen) atoms. The van der Waals surface area contributed by atoms with Gasteiger partial charge in [0.1, 0.15) is 5.76 Å². The molecular weight excluding hydrogens is 306 g/mol. The van der Waals surface area contributed by atoms with Gasteiger partial charge in [-0.1, -0.05) is 32.8 Å². The minimum absolute atomic E-state index is 0.196. The van der Waals surface area contributed by atoms with Crippen LogP contribution in [0, 0.1) is 12.8 Å². The third kappa shape index (κ3) is 4.83. The molecule has 0 bridgehead atoms. The fourth-order valence-corrected chi connectivity index (χ4v) is 2.59. The van der Waals surface area contributed by atoms with Crippen LogP contribution in [0.5, 0.6) is 0 Å². The molecule has 3 N–H and O–H groups in total. The number of carbonyl (C=O) groups is 1. The lowest BCUT2D eigenvalue weighted by Gasteiger charge is -2.20. The van der Waals surface area contributed by atoms with Gasteiger partial charge in [-0.05, 0) is 31.0 Å². The number of aliphatic hydroxyl groups is 1. The predicted molar refractivity (Wildman–Crippen MR) is 93.8 cm³/mol. The zero-order valence-electron chi connectivity index (χ0n) is 14.4. The van der Waals surface area contributed by atoms with E-state index < -0.39 is 6.10 Å². The SMILES string of the molecule is CCC(CC)C(O)CNC(=O)Nc1cccc(-c2ncc(C)o2)c1. The standard InChI is InChI=1S/C18H25N3O3/c1-4-13(5-2)16(22)11-20-18(23)21-15-8-6-7-14(9-15)17-19-10-12(3)24-17/h6-10,13,16,22H,4-5,11H2,1-3H3,(H2,20,21,23). The van der Waals surface area contributed by atoms with E-state index in [1.165, 1.54) is 0 Å². The molecule has 1 atom stereocenters. The molecule has 0 saturated carbocycles. The van der Waals surface area contributed by atoms with Gasteiger partial charge in [0.2, 0.25) is 5.89 Å². The largest absolute Gasteiger partial charge is 0.441 e. The molecule has 0 spiro atoms. The molecule has 1 aromatic heterocycles. The van der Waals surface area contributed by atoms with E-state index in [1.807, 2.05) is 32.9 Å². The molecule has 2 rings (SSSR count). The molecule has 6 nitrogen and oxygen atoms in total. The lowest BCUT2D eigenvalue weighted by atomic mass is 9.97. The molecule has 2 aromatic rings. The first-order valence-corrected chi connectivity index (χ1v) is 8.29. The molecule has 1 heterocycles. The summed E-state index contributed by atoms with van der Waals surface area (Å²) in [6.07, 6.45) is 2.89. The summed E-state index contributed by atoms with van der Waals surface area (Å²) in [7, 11) is 0. The smallest absolute Gasteiger partial charge is 0.319 e. The zero-order valence-corrected chi connectivity index (χ0v) is 14.4. The molecule has 6 heteroatoms. The van der Waals surface area contributed by atoms with Gasteiger partial charge in [-0.15, -0.1) is 0 Å². The van der Waals surface area contributed by atoms with E-state index in [0.717, 1.165) is 24.2 Å². The number of hydrogen-bond acceptors (Lipinski definition) is 4. The fourth-order valence-electron chi connectivity index (χ4n) is 2.59. The second-order valence-electron chi connectivity index (χ2n) is 5.84. The summed E-state index contributed by atoms with van der Waals surface area (Å²) < 4.78 is 5.49. The van der Waals surface area contributed by atoms with Crippen LogP contribution in [0.25, 0.3) is 11.5 Å². The van der Waals surface area contributed by atoms with Crippen LogP contribution in [0.1, 0.15) is 32.4 Å². The number of amides is 2. The number of rotatable bonds is 7. The van der Waals surface area contributed by atoms with Crippen molar-refractivity contribution in [3.8, 4) is 11.5 Å². The number of urea groups is 1. The van der Waals surface area contributed by atoms with Crippen molar-refractivity contribution < 1.29 is 14.3 Å². The summed E-state index contributed by atoms with van der Waals surface area (Å²) in [5.74, 6) is 1.44. The Labute approximate surface area is 142 Å². The summed E-state index contributed by atoms with van der Waals surface area (Å²) in [6.45, 7) is 6.13. The third-order valence-corrected chi connectivity index (χ3v) is 4.05. The summed E-state index contributed by atoms with van der Waals surface area (Å²) in [5.41, 5.74) is 1.43. The van der Waals surface area contributed by atoms with Crippen molar-refractivity contribution in [1.82, 2.24) is 10.3 Å². The number of aryl methyl sites for hydroxylation is 1. The topological polar surface area (TPSA) is 87.4 Å². The van der Waals surface area contributed by atoms with Crippen LogP contribution in [-0.4, -0.2) is 28.8 Å². The highest BCUT2D eigenvalue weighted by molar-refractivity contribution is 5.89. The number of aliphatic hydroxyl groups excluding tert-OH is 1. The molecule has 1 unspecified atom stereocenters. The van der Waals surface area contributed by atoms with Crippen molar-refractivity contribution in [1.29, 1.82) is 0 Å². The Balaban J connectivity index is 1.92. The Morgan fingerprint density at radius 3 is 2.71 bits per heavy atom. The maximum atomic E-state index is 12.0. The van der Waals surface area contributed by atoms with Gasteiger partial charge in [-0.2, -0.15) is 0 Å². The molecular formula is C18H25N3O3. The Hall–Kier alpha value is -2.34. The van der Waals surface area contributed by atoms with Gasteiger partial charge in [0.25, 0.3) is 0 Å². The number of benzene rings is 1. The lowest BCUT2D eigenvalue weighted by molar-refractivity contribution is 0.104. The summed E-state index contributed by atoms with van der Waals surface area (Å²) in [5, 5.41) is 15.5. The van der Waals surface area contributed by atoms with Crippen LogP contribution < -0.4 is 10.6 Å². The van der Waals surface area contributed by atoms with E-state index >= 15 is 0 Å². The Morgan fingerprint density at radius 1 is 1.33 bits per heavy atom. The highest BCUT2D eigenvalue weighted by Crippen LogP contribution is 2.22. The molecule has 0 aliphatic rings. The number of nitrogens with one attached hydrogen (secondary N) is 2. The normalized spacial score (nSPS) is 12.2. The van der Waals surface area contributed by atoms with Gasteiger partial charge in [0, 0.05) is 17.8 Å². The maximum Gasteiger partial charge on any atom is 0.319 e. The van der Waals surface area contributed by atoms with Crippen molar-refractivity contribution in [2.45, 2.75) is 39.7 Å². The Morgan fingerprint density at radius 2 is 2.08 bits per heavy atom. The van der Waals surface area contributed by atoms with E-state index in [1.54, 1.807) is 18.3 Å². The van der Waals surface area contributed by atoms with Crippen molar-refractivity contribution >= 4 is 11.7 Å². The number of hydrogen-bond donors (Lipinski definition) is 3. The summed E-state index contributed by atoms with van der Waals surface area (Å²) in [6, 6.07) is 6.92. The van der Waals surface area contributed by atoms with Crippen LogP contribution in [0.3, 0.4) is 0 Å². The van der Waals surface area contributed by atoms with Crippen LogP contribution in [-0.2, 0) is 0 Å². The first kappa shape index (κ1) is 18.0. The quantitative estimate of drug-likeness (QED) is 0.724. The Kier molecular flexibility index (Phi) is 6.37. The second-order valence-corrected chi connectivity index (χ2v) is 5.84. The van der Waals surface area contributed by atoms with Crippen LogP contribution in [0.15, 0.2) is 34.9 Å². The second kappa shape index (κ2) is 8.49. The molecule has 2 amide bonds. The third-order valence-electron chi connectivity index (χ3n) is 4.05. The van der Waals surface area contributed by atoms with E-state index in [4.69, 9.17) is 4.42 Å². The number of carbonyl (C=O) groups excluding carboxylic acids is 1. The number of anilines is 1. The van der Waals surface area contributed by atoms with Gasteiger partial charge in [-0.3, -0.25) is 0 Å². The number of nitrogens with zero attached hydrogens (tertiary/aromatic N) is 1. The average Bonchev–Trinajstić information content (AvgIpc) is 3.01. The van der Waals surface area contributed by atoms with Gasteiger partial charge < -0.3 is 20.2 Å². The zero-order chi connectivity index (χ0) is 17.5. The highest BCUT2D eigenvalue weighted by atomic mass is 16.4. The Bertz CT molecular complexity index is 665. The van der Waals surface area contributed by atoms with E-state index in [9.17, 15) is 9.90 Å². The van der Waals surface area contributed by atoms with Crippen molar-refractivity contribution in [2.75, 3.05) is 11.9 Å². The first-order valence-electron chi connectivity index (χ1n) is 8.29. The highest BCUT2D eigenvalue weighted by Gasteiger charge is 2.16. The molecule has 0 aliphatic carbocycles. The molecule has 130 valence electrons. The average molecular weight is 331 g/mol. The van der Waals surface area contributed by atoms with E-state index in [-0.39, 0.29) is 18.5 Å². The predicted octanol–water partition coefficient (Wildman–Crippen LogP) is 3.57.